The van der Waals surface area contributed by atoms with Crippen molar-refractivity contribution in [2.75, 3.05) is 0 Å². The van der Waals surface area contributed by atoms with Gasteiger partial charge in [0.05, 0.1) is 17.8 Å². The zero-order valence-electron chi connectivity index (χ0n) is 10.1. The molecule has 0 spiro atoms. The molecule has 0 saturated carbocycles. The molecule has 4 nitrogen and oxygen atoms in total. The van der Waals surface area contributed by atoms with Gasteiger partial charge in [-0.1, -0.05) is 0 Å². The van der Waals surface area contributed by atoms with Crippen LogP contribution in [0.15, 0.2) is 24.3 Å². The molecule has 5 heteroatoms. The van der Waals surface area contributed by atoms with Crippen LogP contribution in [0.2, 0.25) is 0 Å². The number of hydrogen-bond acceptors (Lipinski definition) is 2. The number of aryl methyl sites for hydroxylation is 1. The van der Waals surface area contributed by atoms with Gasteiger partial charge in [0.2, 0.25) is 0 Å². The number of carbonyl (C=O) groups is 1. The molecule has 2 rings (SSSR count). The van der Waals surface area contributed by atoms with E-state index in [-0.39, 0.29) is 12.2 Å². The zero-order valence-corrected chi connectivity index (χ0v) is 10.1. The standard InChI is InChI=1S/C13H13FN2O2/c1-8-11(7-12(17)18)15-16(2)13(8)9-3-5-10(14)6-4-9/h3-6H,7H2,1-2H3,(H,17,18). The number of aromatic nitrogens is 2. The van der Waals surface area contributed by atoms with Gasteiger partial charge in [0.15, 0.2) is 0 Å². The highest BCUT2D eigenvalue weighted by Crippen LogP contribution is 2.25. The molecule has 0 aliphatic carbocycles. The van der Waals surface area contributed by atoms with E-state index in [2.05, 4.69) is 5.10 Å². The van der Waals surface area contributed by atoms with Gasteiger partial charge in [-0.25, -0.2) is 4.39 Å². The molecule has 1 heterocycles. The molecule has 0 atom stereocenters. The van der Waals surface area contributed by atoms with Crippen molar-refractivity contribution in [2.45, 2.75) is 13.3 Å². The summed E-state index contributed by atoms with van der Waals surface area (Å²) in [6, 6.07) is 6.06. The minimum atomic E-state index is -0.915. The first-order chi connectivity index (χ1) is 8.49. The van der Waals surface area contributed by atoms with Gasteiger partial charge in [0, 0.05) is 12.6 Å². The number of halogens is 1. The Hall–Kier alpha value is -2.17. The second-order valence-electron chi connectivity index (χ2n) is 4.12. The van der Waals surface area contributed by atoms with Gasteiger partial charge in [0.1, 0.15) is 5.82 Å². The molecule has 0 unspecified atom stereocenters. The van der Waals surface area contributed by atoms with Crippen molar-refractivity contribution in [2.24, 2.45) is 7.05 Å². The molecule has 1 aromatic heterocycles. The van der Waals surface area contributed by atoms with Crippen LogP contribution in [-0.2, 0) is 18.3 Å². The second-order valence-corrected chi connectivity index (χ2v) is 4.12. The molecule has 94 valence electrons. The van der Waals surface area contributed by atoms with Crippen LogP contribution >= 0.6 is 0 Å². The summed E-state index contributed by atoms with van der Waals surface area (Å²) in [6.45, 7) is 1.82. The summed E-state index contributed by atoms with van der Waals surface area (Å²) in [7, 11) is 1.75. The summed E-state index contributed by atoms with van der Waals surface area (Å²) in [6.07, 6.45) is -0.110. The lowest BCUT2D eigenvalue weighted by Gasteiger charge is -2.03. The van der Waals surface area contributed by atoms with Gasteiger partial charge in [-0.05, 0) is 36.8 Å². The van der Waals surface area contributed by atoms with E-state index in [0.29, 0.717) is 5.69 Å². The lowest BCUT2D eigenvalue weighted by Crippen LogP contribution is -2.02. The molecule has 0 amide bonds. The maximum Gasteiger partial charge on any atom is 0.309 e. The summed E-state index contributed by atoms with van der Waals surface area (Å²) in [5.74, 6) is -1.22. The first-order valence-corrected chi connectivity index (χ1v) is 5.49. The Kier molecular flexibility index (Phi) is 3.14. The smallest absolute Gasteiger partial charge is 0.309 e. The van der Waals surface area contributed by atoms with Crippen LogP contribution in [0, 0.1) is 12.7 Å². The van der Waals surface area contributed by atoms with E-state index in [1.54, 1.807) is 23.9 Å². The number of carboxylic acid groups (broad SMARTS) is 1. The van der Waals surface area contributed by atoms with Crippen LogP contribution in [0.1, 0.15) is 11.3 Å². The van der Waals surface area contributed by atoms with E-state index in [0.717, 1.165) is 16.8 Å². The molecule has 2 aromatic rings. The highest BCUT2D eigenvalue weighted by molar-refractivity contribution is 5.72. The molecule has 1 N–H and O–H groups in total. The van der Waals surface area contributed by atoms with Crippen molar-refractivity contribution in [1.29, 1.82) is 0 Å². The molecule has 0 aliphatic heterocycles. The predicted molar refractivity (Wildman–Crippen MR) is 64.7 cm³/mol. The van der Waals surface area contributed by atoms with Crippen LogP contribution in [0.5, 0.6) is 0 Å². The van der Waals surface area contributed by atoms with Gasteiger partial charge < -0.3 is 5.11 Å². The lowest BCUT2D eigenvalue weighted by atomic mass is 10.1. The van der Waals surface area contributed by atoms with Gasteiger partial charge >= 0.3 is 5.97 Å². The van der Waals surface area contributed by atoms with Crippen LogP contribution in [0.4, 0.5) is 4.39 Å². The van der Waals surface area contributed by atoms with Crippen molar-refractivity contribution < 1.29 is 14.3 Å². The largest absolute Gasteiger partial charge is 0.481 e. The average Bonchev–Trinajstić information content (AvgIpc) is 2.55. The molecule has 1 aromatic carbocycles. The monoisotopic (exact) mass is 248 g/mol. The number of hydrogen-bond donors (Lipinski definition) is 1. The number of rotatable bonds is 3. The van der Waals surface area contributed by atoms with Crippen molar-refractivity contribution in [1.82, 2.24) is 9.78 Å². The summed E-state index contributed by atoms with van der Waals surface area (Å²) in [4.78, 5) is 10.7. The van der Waals surface area contributed by atoms with E-state index in [1.807, 2.05) is 6.92 Å². The number of aliphatic carboxylic acids is 1. The maximum atomic E-state index is 12.9. The predicted octanol–water partition coefficient (Wildman–Crippen LogP) is 2.16. The Morgan fingerprint density at radius 1 is 1.39 bits per heavy atom. The van der Waals surface area contributed by atoms with Gasteiger partial charge in [0.25, 0.3) is 0 Å². The Labute approximate surface area is 104 Å². The third-order valence-corrected chi connectivity index (χ3v) is 2.82. The van der Waals surface area contributed by atoms with E-state index in [4.69, 9.17) is 5.11 Å². The van der Waals surface area contributed by atoms with Crippen LogP contribution < -0.4 is 0 Å². The fourth-order valence-corrected chi connectivity index (χ4v) is 2.01. The van der Waals surface area contributed by atoms with Gasteiger partial charge in [-0.15, -0.1) is 0 Å². The molecule has 0 bridgehead atoms. The zero-order chi connectivity index (χ0) is 13.3. The van der Waals surface area contributed by atoms with E-state index < -0.39 is 5.97 Å². The first kappa shape index (κ1) is 12.3. The Balaban J connectivity index is 2.48. The normalized spacial score (nSPS) is 10.6. The van der Waals surface area contributed by atoms with E-state index in [1.165, 1.54) is 12.1 Å². The SMILES string of the molecule is Cc1c(CC(=O)O)nn(C)c1-c1ccc(F)cc1. The highest BCUT2D eigenvalue weighted by atomic mass is 19.1. The summed E-state index contributed by atoms with van der Waals surface area (Å²) >= 11 is 0. The van der Waals surface area contributed by atoms with Crippen LogP contribution in [0.3, 0.4) is 0 Å². The Morgan fingerprint density at radius 2 is 2.00 bits per heavy atom. The molecule has 0 fully saturated rings. The summed E-state index contributed by atoms with van der Waals surface area (Å²) < 4.78 is 14.5. The maximum absolute atomic E-state index is 12.9. The molecular weight excluding hydrogens is 235 g/mol. The topological polar surface area (TPSA) is 55.1 Å². The lowest BCUT2D eigenvalue weighted by molar-refractivity contribution is -0.136. The van der Waals surface area contributed by atoms with Crippen molar-refractivity contribution in [3.63, 3.8) is 0 Å². The minimum Gasteiger partial charge on any atom is -0.481 e. The molecule has 18 heavy (non-hydrogen) atoms. The van der Waals surface area contributed by atoms with Crippen molar-refractivity contribution in [3.8, 4) is 11.3 Å². The van der Waals surface area contributed by atoms with Crippen LogP contribution in [0.25, 0.3) is 11.3 Å². The van der Waals surface area contributed by atoms with E-state index >= 15 is 0 Å². The Morgan fingerprint density at radius 3 is 2.56 bits per heavy atom. The van der Waals surface area contributed by atoms with Gasteiger partial charge in [-0.3, -0.25) is 9.48 Å². The number of benzene rings is 1. The van der Waals surface area contributed by atoms with Crippen molar-refractivity contribution >= 4 is 5.97 Å². The fourth-order valence-electron chi connectivity index (χ4n) is 2.01. The summed E-state index contributed by atoms with van der Waals surface area (Å²) in [5.41, 5.74) is 2.97. The quantitative estimate of drug-likeness (QED) is 0.905. The Bertz CT molecular complexity index is 588. The van der Waals surface area contributed by atoms with Gasteiger partial charge in [-0.2, -0.15) is 5.10 Å². The molecule has 0 aliphatic rings. The average molecular weight is 248 g/mol. The number of nitrogens with zero attached hydrogens (tertiary/aromatic N) is 2. The second kappa shape index (κ2) is 4.60. The third kappa shape index (κ3) is 2.25. The molecule has 0 radical (unpaired) electrons. The van der Waals surface area contributed by atoms with E-state index in [9.17, 15) is 9.18 Å². The highest BCUT2D eigenvalue weighted by Gasteiger charge is 2.15. The molecular formula is C13H13FN2O2. The fraction of sp³-hybridized carbons (Fsp3) is 0.231. The first-order valence-electron chi connectivity index (χ1n) is 5.49. The summed E-state index contributed by atoms with van der Waals surface area (Å²) in [5, 5.41) is 13.0. The number of carboxylic acids is 1. The minimum absolute atomic E-state index is 0.110. The third-order valence-electron chi connectivity index (χ3n) is 2.82. The van der Waals surface area contributed by atoms with Crippen molar-refractivity contribution in [3.05, 3.63) is 41.3 Å². The van der Waals surface area contributed by atoms with Crippen LogP contribution in [-0.4, -0.2) is 20.9 Å². The molecule has 0 saturated heterocycles.